The van der Waals surface area contributed by atoms with E-state index >= 15 is 0 Å². The van der Waals surface area contributed by atoms with E-state index < -0.39 is 0 Å². The van der Waals surface area contributed by atoms with Crippen LogP contribution in [0.4, 0.5) is 8.78 Å². The molecule has 2 rings (SSSR count). The van der Waals surface area contributed by atoms with Gasteiger partial charge in [-0.2, -0.15) is 0 Å². The van der Waals surface area contributed by atoms with Crippen molar-refractivity contribution in [2.24, 2.45) is 0 Å². The molecule has 4 heteroatoms. The Morgan fingerprint density at radius 1 is 0.688 bits per heavy atom. The highest BCUT2D eigenvalue weighted by atomic mass is 32.1. The fourth-order valence-electron chi connectivity index (χ4n) is 0.952. The molecule has 0 radical (unpaired) electrons. The van der Waals surface area contributed by atoms with Crippen LogP contribution in [0.3, 0.4) is 0 Å². The molecule has 0 unspecified atom stereocenters. The Morgan fingerprint density at radius 2 is 1.06 bits per heavy atom. The van der Waals surface area contributed by atoms with Gasteiger partial charge in [-0.25, -0.2) is 8.78 Å². The lowest BCUT2D eigenvalue weighted by Crippen LogP contribution is -1.69. The van der Waals surface area contributed by atoms with Crippen LogP contribution in [0.15, 0.2) is 58.3 Å². The summed E-state index contributed by atoms with van der Waals surface area (Å²) in [4.78, 5) is 1.31. The van der Waals surface area contributed by atoms with Gasteiger partial charge in [0.25, 0.3) is 0 Å². The Bertz CT molecular complexity index is 380. The van der Waals surface area contributed by atoms with Gasteiger partial charge in [-0.05, 0) is 36.4 Å². The smallest absolute Gasteiger partial charge is 0.124 e. The van der Waals surface area contributed by atoms with Crippen LogP contribution in [0, 0.1) is 11.6 Å². The van der Waals surface area contributed by atoms with Crippen LogP contribution in [-0.4, -0.2) is 0 Å². The van der Waals surface area contributed by atoms with Crippen LogP contribution >= 0.6 is 25.3 Å². The molecular weight excluding hydrogens is 246 g/mol. The van der Waals surface area contributed by atoms with Gasteiger partial charge in [0.2, 0.25) is 0 Å². The minimum absolute atomic E-state index is 0.238. The Labute approximate surface area is 104 Å². The van der Waals surface area contributed by atoms with Crippen LogP contribution in [0.2, 0.25) is 0 Å². The van der Waals surface area contributed by atoms with E-state index in [0.29, 0.717) is 9.79 Å². The second kappa shape index (κ2) is 6.55. The lowest BCUT2D eigenvalue weighted by Gasteiger charge is -1.86. The number of benzene rings is 2. The molecule has 0 fully saturated rings. The Balaban J connectivity index is 0.000000160. The van der Waals surface area contributed by atoms with E-state index in [1.54, 1.807) is 24.3 Å². The van der Waals surface area contributed by atoms with E-state index in [1.807, 2.05) is 0 Å². The van der Waals surface area contributed by atoms with Crippen molar-refractivity contribution in [2.45, 2.75) is 9.79 Å². The predicted octanol–water partition coefficient (Wildman–Crippen LogP) is 4.23. The lowest BCUT2D eigenvalue weighted by molar-refractivity contribution is 0.624. The van der Waals surface area contributed by atoms with E-state index in [0.717, 1.165) is 0 Å². The monoisotopic (exact) mass is 256 g/mol. The lowest BCUT2D eigenvalue weighted by atomic mass is 10.4. The summed E-state index contributed by atoms with van der Waals surface area (Å²) in [6, 6.07) is 12.2. The van der Waals surface area contributed by atoms with Crippen molar-refractivity contribution in [3.8, 4) is 0 Å². The van der Waals surface area contributed by atoms with Crippen molar-refractivity contribution in [1.82, 2.24) is 0 Å². The van der Waals surface area contributed by atoms with Crippen molar-refractivity contribution >= 4 is 25.3 Å². The third kappa shape index (κ3) is 5.19. The molecule has 0 aliphatic heterocycles. The highest BCUT2D eigenvalue weighted by Gasteiger charge is 1.86. The maximum absolute atomic E-state index is 12.1. The fraction of sp³-hybridized carbons (Fsp3) is 0. The van der Waals surface area contributed by atoms with E-state index in [1.165, 1.54) is 24.3 Å². The SMILES string of the molecule is Fc1cccc(S)c1.Fc1cccc(S)c1. The molecule has 0 N–H and O–H groups in total. The molecule has 2 aromatic carbocycles. The predicted molar refractivity (Wildman–Crippen MR) is 67.3 cm³/mol. The first kappa shape index (κ1) is 13.1. The summed E-state index contributed by atoms with van der Waals surface area (Å²) >= 11 is 7.83. The molecule has 0 atom stereocenters. The minimum Gasteiger partial charge on any atom is -0.207 e. The molecule has 0 aliphatic carbocycles. The quantitative estimate of drug-likeness (QED) is 0.648. The molecule has 2 aromatic rings. The first-order valence-corrected chi connectivity index (χ1v) is 5.36. The van der Waals surface area contributed by atoms with Gasteiger partial charge < -0.3 is 0 Å². The minimum atomic E-state index is -0.238. The van der Waals surface area contributed by atoms with Gasteiger partial charge in [0.05, 0.1) is 0 Å². The molecule has 0 saturated carbocycles. The van der Waals surface area contributed by atoms with E-state index in [2.05, 4.69) is 25.3 Å². The number of thiol groups is 2. The highest BCUT2D eigenvalue weighted by molar-refractivity contribution is 7.80. The van der Waals surface area contributed by atoms with Gasteiger partial charge >= 0.3 is 0 Å². The van der Waals surface area contributed by atoms with E-state index in [9.17, 15) is 8.78 Å². The van der Waals surface area contributed by atoms with Gasteiger partial charge in [0.1, 0.15) is 11.6 Å². The summed E-state index contributed by atoms with van der Waals surface area (Å²) in [5.41, 5.74) is 0. The Morgan fingerprint density at radius 3 is 1.25 bits per heavy atom. The van der Waals surface area contributed by atoms with E-state index in [-0.39, 0.29) is 11.6 Å². The Hall–Kier alpha value is -1.00. The van der Waals surface area contributed by atoms with Crippen molar-refractivity contribution < 1.29 is 8.78 Å². The van der Waals surface area contributed by atoms with Gasteiger partial charge in [-0.3, -0.25) is 0 Å². The van der Waals surface area contributed by atoms with Gasteiger partial charge in [0.15, 0.2) is 0 Å². The van der Waals surface area contributed by atoms with Crippen molar-refractivity contribution in [3.05, 3.63) is 60.2 Å². The number of hydrogen-bond acceptors (Lipinski definition) is 2. The first-order chi connectivity index (χ1) is 7.58. The maximum atomic E-state index is 12.1. The molecule has 0 heterocycles. The Kier molecular flexibility index (Phi) is 5.35. The summed E-state index contributed by atoms with van der Waals surface area (Å²) in [7, 11) is 0. The zero-order chi connectivity index (χ0) is 12.0. The van der Waals surface area contributed by atoms with Crippen LogP contribution in [-0.2, 0) is 0 Å². The molecule has 0 aliphatic rings. The van der Waals surface area contributed by atoms with Gasteiger partial charge in [-0.15, -0.1) is 25.3 Å². The third-order valence-electron chi connectivity index (χ3n) is 1.62. The molecule has 0 nitrogen and oxygen atoms in total. The molecule has 84 valence electrons. The van der Waals surface area contributed by atoms with Crippen LogP contribution < -0.4 is 0 Å². The first-order valence-electron chi connectivity index (χ1n) is 4.47. The van der Waals surface area contributed by atoms with Gasteiger partial charge in [0, 0.05) is 9.79 Å². The summed E-state index contributed by atoms with van der Waals surface area (Å²) in [6.07, 6.45) is 0. The average molecular weight is 256 g/mol. The van der Waals surface area contributed by atoms with Crippen LogP contribution in [0.25, 0.3) is 0 Å². The molecule has 0 spiro atoms. The normalized spacial score (nSPS) is 9.25. The summed E-state index contributed by atoms with van der Waals surface area (Å²) in [6.45, 7) is 0. The zero-order valence-corrected chi connectivity index (χ0v) is 10.1. The topological polar surface area (TPSA) is 0 Å². The zero-order valence-electron chi connectivity index (χ0n) is 8.27. The summed E-state index contributed by atoms with van der Waals surface area (Å²) in [5.74, 6) is -0.477. The summed E-state index contributed by atoms with van der Waals surface area (Å²) < 4.78 is 24.2. The van der Waals surface area contributed by atoms with Gasteiger partial charge in [-0.1, -0.05) is 12.1 Å². The highest BCUT2D eigenvalue weighted by Crippen LogP contribution is 2.06. The average Bonchev–Trinajstić information content (AvgIpc) is 2.17. The molecule has 0 aromatic heterocycles. The fourth-order valence-corrected chi connectivity index (χ4v) is 1.37. The maximum Gasteiger partial charge on any atom is 0.124 e. The largest absolute Gasteiger partial charge is 0.207 e. The third-order valence-corrected chi connectivity index (χ3v) is 2.17. The van der Waals surface area contributed by atoms with Crippen molar-refractivity contribution in [1.29, 1.82) is 0 Å². The molecular formula is C12H10F2S2. The second-order valence-electron chi connectivity index (χ2n) is 2.96. The molecule has 16 heavy (non-hydrogen) atoms. The van der Waals surface area contributed by atoms with E-state index in [4.69, 9.17) is 0 Å². The van der Waals surface area contributed by atoms with Crippen molar-refractivity contribution in [2.75, 3.05) is 0 Å². The van der Waals surface area contributed by atoms with Crippen molar-refractivity contribution in [3.63, 3.8) is 0 Å². The van der Waals surface area contributed by atoms with Crippen LogP contribution in [0.5, 0.6) is 0 Å². The molecule has 0 bridgehead atoms. The number of halogens is 2. The molecule has 0 saturated heterocycles. The second-order valence-corrected chi connectivity index (χ2v) is 3.99. The number of rotatable bonds is 0. The summed E-state index contributed by atoms with van der Waals surface area (Å²) in [5, 5.41) is 0. The number of hydrogen-bond donors (Lipinski definition) is 2. The molecule has 0 amide bonds. The standard InChI is InChI=1S/2C6H5FS/c2*7-5-2-1-3-6(8)4-5/h2*1-4,8H. The van der Waals surface area contributed by atoms with Crippen LogP contribution in [0.1, 0.15) is 0 Å².